The van der Waals surface area contributed by atoms with Gasteiger partial charge in [-0.25, -0.2) is 4.18 Å². The van der Waals surface area contributed by atoms with Crippen molar-refractivity contribution >= 4 is 16.1 Å². The monoisotopic (exact) mass is 498 g/mol. The summed E-state index contributed by atoms with van der Waals surface area (Å²) in [6, 6.07) is 6.96. The summed E-state index contributed by atoms with van der Waals surface area (Å²) in [5, 5.41) is 0. The summed E-state index contributed by atoms with van der Waals surface area (Å²) < 4.78 is 41.9. The maximum Gasteiger partial charge on any atom is 0.311 e. The summed E-state index contributed by atoms with van der Waals surface area (Å²) in [6.45, 7) is 7.59. The van der Waals surface area contributed by atoms with E-state index in [1.54, 1.807) is 32.9 Å². The molecule has 196 valence electrons. The summed E-state index contributed by atoms with van der Waals surface area (Å²) in [6.07, 6.45) is 12.0. The van der Waals surface area contributed by atoms with Crippen LogP contribution in [0.2, 0.25) is 0 Å². The molecule has 0 saturated carbocycles. The number of benzene rings is 1. The molecule has 6 nitrogen and oxygen atoms in total. The molecule has 0 N–H and O–H groups in total. The lowest BCUT2D eigenvalue weighted by Gasteiger charge is -2.26. The second-order valence-electron chi connectivity index (χ2n) is 9.56. The van der Waals surface area contributed by atoms with Crippen LogP contribution < -0.4 is 0 Å². The quantitative estimate of drug-likeness (QED) is 0.0902. The van der Waals surface area contributed by atoms with E-state index in [-0.39, 0.29) is 17.9 Å². The van der Waals surface area contributed by atoms with Gasteiger partial charge in [0.25, 0.3) is 10.1 Å². The normalized spacial score (nSPS) is 13.1. The van der Waals surface area contributed by atoms with E-state index >= 15 is 0 Å². The molecule has 0 bridgehead atoms. The van der Waals surface area contributed by atoms with E-state index in [4.69, 9.17) is 13.7 Å². The fourth-order valence-corrected chi connectivity index (χ4v) is 5.20. The van der Waals surface area contributed by atoms with Gasteiger partial charge in [-0.3, -0.25) is 4.79 Å². The fourth-order valence-electron chi connectivity index (χ4n) is 3.93. The van der Waals surface area contributed by atoms with Crippen molar-refractivity contribution in [2.45, 2.75) is 116 Å². The summed E-state index contributed by atoms with van der Waals surface area (Å²) in [7, 11) is -2.68. The fraction of sp³-hybridized carbons (Fsp3) is 0.741. The number of carbonyl (C=O) groups is 1. The molecule has 0 heterocycles. The van der Waals surface area contributed by atoms with Crippen LogP contribution in [0.3, 0.4) is 0 Å². The van der Waals surface area contributed by atoms with Gasteiger partial charge in [0.2, 0.25) is 0 Å². The first-order valence-electron chi connectivity index (χ1n) is 12.9. The molecule has 1 atom stereocenters. The average Bonchev–Trinajstić information content (AvgIpc) is 2.80. The highest BCUT2D eigenvalue weighted by Gasteiger charge is 2.35. The molecule has 7 heteroatoms. The summed E-state index contributed by atoms with van der Waals surface area (Å²) in [5.74, 6) is -0.417. The van der Waals surface area contributed by atoms with E-state index in [1.807, 2.05) is 12.1 Å². The number of hydrogen-bond acceptors (Lipinski definition) is 6. The van der Waals surface area contributed by atoms with Crippen molar-refractivity contribution in [2.75, 3.05) is 13.7 Å². The molecule has 0 aromatic heterocycles. The van der Waals surface area contributed by atoms with Gasteiger partial charge < -0.3 is 9.47 Å². The van der Waals surface area contributed by atoms with Crippen LogP contribution >= 0.6 is 0 Å². The van der Waals surface area contributed by atoms with E-state index in [0.717, 1.165) is 18.4 Å². The van der Waals surface area contributed by atoms with Crippen LogP contribution in [-0.4, -0.2) is 34.4 Å². The molecule has 0 aliphatic carbocycles. The lowest BCUT2D eigenvalue weighted by Crippen LogP contribution is -2.34. The third kappa shape index (κ3) is 11.3. The molecule has 0 amide bonds. The molecule has 0 saturated heterocycles. The van der Waals surface area contributed by atoms with E-state index in [9.17, 15) is 13.2 Å². The third-order valence-electron chi connectivity index (χ3n) is 6.04. The van der Waals surface area contributed by atoms with Gasteiger partial charge in [0, 0.05) is 13.5 Å². The van der Waals surface area contributed by atoms with Gasteiger partial charge in [-0.2, -0.15) is 8.42 Å². The minimum absolute atomic E-state index is 0.0577. The van der Waals surface area contributed by atoms with Gasteiger partial charge in [-0.15, -0.1) is 0 Å². The summed E-state index contributed by atoms with van der Waals surface area (Å²) in [4.78, 5) is 12.4. The number of carbonyl (C=O) groups excluding carboxylic acids is 1. The van der Waals surface area contributed by atoms with Crippen molar-refractivity contribution in [1.82, 2.24) is 0 Å². The molecule has 0 fully saturated rings. The van der Waals surface area contributed by atoms with Crippen LogP contribution in [-0.2, 0) is 35.0 Å². The molecule has 0 radical (unpaired) electrons. The Morgan fingerprint density at radius 2 is 1.47 bits per heavy atom. The highest BCUT2D eigenvalue weighted by Crippen LogP contribution is 2.29. The Kier molecular flexibility index (Phi) is 14.6. The predicted octanol–water partition coefficient (Wildman–Crippen LogP) is 6.81. The zero-order valence-corrected chi connectivity index (χ0v) is 22.8. The average molecular weight is 499 g/mol. The second kappa shape index (κ2) is 16.3. The standard InChI is InChI=1S/C27H46O6S/c1-6-8-9-10-11-12-13-14-15-16-19-23-20-17-18-21-24(23)34(29,30)33-25(31-5)22-27(3,4)26(28)32-7-2/h17-18,20-21,25H,6-16,19,22H2,1-5H3. The van der Waals surface area contributed by atoms with Crippen molar-refractivity contribution in [3.05, 3.63) is 29.8 Å². The molecular weight excluding hydrogens is 452 g/mol. The van der Waals surface area contributed by atoms with E-state index in [0.29, 0.717) is 6.42 Å². The Bertz CT molecular complexity index is 803. The number of rotatable bonds is 19. The predicted molar refractivity (Wildman–Crippen MR) is 136 cm³/mol. The van der Waals surface area contributed by atoms with Gasteiger partial charge in [0.05, 0.1) is 16.9 Å². The molecule has 0 aliphatic rings. The Balaban J connectivity index is 2.62. The Morgan fingerprint density at radius 3 is 2.03 bits per heavy atom. The summed E-state index contributed by atoms with van der Waals surface area (Å²) >= 11 is 0. The molecule has 1 unspecified atom stereocenters. The smallest absolute Gasteiger partial charge is 0.311 e. The lowest BCUT2D eigenvalue weighted by molar-refractivity contribution is -0.159. The SMILES string of the molecule is CCCCCCCCCCCCc1ccccc1S(=O)(=O)OC(CC(C)(C)C(=O)OCC)OC. The van der Waals surface area contributed by atoms with Crippen LogP contribution in [0.1, 0.15) is 104 Å². The lowest BCUT2D eigenvalue weighted by atomic mass is 9.89. The number of hydrogen-bond donors (Lipinski definition) is 0. The zero-order valence-electron chi connectivity index (χ0n) is 21.9. The van der Waals surface area contributed by atoms with Crippen molar-refractivity contribution in [2.24, 2.45) is 5.41 Å². The topological polar surface area (TPSA) is 78.9 Å². The molecule has 34 heavy (non-hydrogen) atoms. The molecule has 1 aromatic rings. The first-order valence-corrected chi connectivity index (χ1v) is 14.3. The maximum atomic E-state index is 13.1. The molecule has 1 aromatic carbocycles. The van der Waals surface area contributed by atoms with Crippen molar-refractivity contribution in [3.8, 4) is 0 Å². The number of esters is 1. The Hall–Kier alpha value is -1.44. The first-order chi connectivity index (χ1) is 16.2. The van der Waals surface area contributed by atoms with Gasteiger partial charge >= 0.3 is 5.97 Å². The van der Waals surface area contributed by atoms with Gasteiger partial charge in [-0.1, -0.05) is 82.9 Å². The number of unbranched alkanes of at least 4 members (excludes halogenated alkanes) is 9. The van der Waals surface area contributed by atoms with Crippen molar-refractivity contribution < 1.29 is 26.9 Å². The van der Waals surface area contributed by atoms with Crippen LogP contribution in [0.4, 0.5) is 0 Å². The minimum atomic E-state index is -4.05. The molecule has 1 rings (SSSR count). The highest BCUT2D eigenvalue weighted by atomic mass is 32.2. The van der Waals surface area contributed by atoms with Gasteiger partial charge in [0.15, 0.2) is 6.29 Å². The first kappa shape index (κ1) is 30.6. The largest absolute Gasteiger partial charge is 0.466 e. The van der Waals surface area contributed by atoms with E-state index in [1.165, 1.54) is 58.5 Å². The number of methoxy groups -OCH3 is 1. The van der Waals surface area contributed by atoms with E-state index < -0.39 is 27.8 Å². The highest BCUT2D eigenvalue weighted by molar-refractivity contribution is 7.86. The van der Waals surface area contributed by atoms with Crippen LogP contribution in [0.5, 0.6) is 0 Å². The van der Waals surface area contributed by atoms with Gasteiger partial charge in [0.1, 0.15) is 0 Å². The van der Waals surface area contributed by atoms with Crippen molar-refractivity contribution in [3.63, 3.8) is 0 Å². The molecular formula is C27H46O6S. The van der Waals surface area contributed by atoms with Gasteiger partial charge in [-0.05, 0) is 45.2 Å². The zero-order chi connectivity index (χ0) is 25.5. The van der Waals surface area contributed by atoms with Crippen LogP contribution in [0.15, 0.2) is 29.2 Å². The van der Waals surface area contributed by atoms with Crippen molar-refractivity contribution in [1.29, 1.82) is 0 Å². The Labute approximate surface area is 207 Å². The number of ether oxygens (including phenoxy) is 2. The molecule has 0 aliphatic heterocycles. The maximum absolute atomic E-state index is 13.1. The minimum Gasteiger partial charge on any atom is -0.466 e. The van der Waals surface area contributed by atoms with Crippen LogP contribution in [0, 0.1) is 5.41 Å². The Morgan fingerprint density at radius 1 is 0.912 bits per heavy atom. The summed E-state index contributed by atoms with van der Waals surface area (Å²) in [5.41, 5.74) is -0.191. The molecule has 0 spiro atoms. The number of aryl methyl sites for hydroxylation is 1. The van der Waals surface area contributed by atoms with E-state index in [2.05, 4.69) is 6.92 Å². The second-order valence-corrected chi connectivity index (χ2v) is 11.1. The third-order valence-corrected chi connectivity index (χ3v) is 7.45. The van der Waals surface area contributed by atoms with Crippen LogP contribution in [0.25, 0.3) is 0 Å².